The van der Waals surface area contributed by atoms with Gasteiger partial charge >= 0.3 is 5.97 Å². The minimum atomic E-state index is -0.505. The molecule has 6 heteroatoms. The first-order chi connectivity index (χ1) is 10.5. The number of nitrogens with zero attached hydrogens (tertiary/aromatic N) is 1. The molecule has 1 heterocycles. The highest BCUT2D eigenvalue weighted by Gasteiger charge is 2.16. The minimum Gasteiger partial charge on any atom is -0.451 e. The van der Waals surface area contributed by atoms with Gasteiger partial charge in [-0.15, -0.1) is 11.3 Å². The van der Waals surface area contributed by atoms with Gasteiger partial charge in [-0.1, -0.05) is 24.3 Å². The first-order valence-electron chi connectivity index (χ1n) is 6.89. The van der Waals surface area contributed by atoms with E-state index >= 15 is 0 Å². The Balaban J connectivity index is 1.82. The summed E-state index contributed by atoms with van der Waals surface area (Å²) in [4.78, 5) is 28.2. The van der Waals surface area contributed by atoms with Crippen molar-refractivity contribution in [2.75, 3.05) is 6.61 Å². The van der Waals surface area contributed by atoms with Crippen molar-refractivity contribution in [2.24, 2.45) is 0 Å². The third-order valence-electron chi connectivity index (χ3n) is 3.16. The number of thiazole rings is 1. The Labute approximate surface area is 133 Å². The maximum atomic E-state index is 11.9. The van der Waals surface area contributed by atoms with E-state index < -0.39 is 5.97 Å². The molecule has 2 aromatic rings. The van der Waals surface area contributed by atoms with Gasteiger partial charge in [-0.2, -0.15) is 0 Å². The molecule has 0 bridgehead atoms. The number of ether oxygens (including phenoxy) is 1. The fraction of sp³-hybridized carbons (Fsp3) is 0.312. The molecule has 1 N–H and O–H groups in total. The lowest BCUT2D eigenvalue weighted by Gasteiger charge is -2.08. The van der Waals surface area contributed by atoms with Crippen molar-refractivity contribution in [3.05, 3.63) is 51.0 Å². The lowest BCUT2D eigenvalue weighted by molar-refractivity contribution is -0.124. The summed E-state index contributed by atoms with van der Waals surface area (Å²) in [5.41, 5.74) is 2.78. The summed E-state index contributed by atoms with van der Waals surface area (Å²) in [5, 5.41) is 3.54. The summed E-state index contributed by atoms with van der Waals surface area (Å²) in [6.45, 7) is 5.68. The quantitative estimate of drug-likeness (QED) is 0.860. The fourth-order valence-electron chi connectivity index (χ4n) is 1.97. The zero-order chi connectivity index (χ0) is 16.1. The molecule has 0 radical (unpaired) electrons. The number of benzene rings is 1. The SMILES string of the molecule is Cc1nc(C)c(C(=O)OCC(=O)NCc2ccccc2C)s1. The van der Waals surface area contributed by atoms with Gasteiger partial charge in [-0.05, 0) is 31.9 Å². The Morgan fingerprint density at radius 3 is 2.59 bits per heavy atom. The number of aromatic nitrogens is 1. The van der Waals surface area contributed by atoms with Gasteiger partial charge in [0.2, 0.25) is 0 Å². The highest BCUT2D eigenvalue weighted by atomic mass is 32.1. The zero-order valence-corrected chi connectivity index (χ0v) is 13.6. The number of nitrogens with one attached hydrogen (secondary N) is 1. The summed E-state index contributed by atoms with van der Waals surface area (Å²) >= 11 is 1.27. The second-order valence-electron chi connectivity index (χ2n) is 4.93. The zero-order valence-electron chi connectivity index (χ0n) is 12.8. The Kier molecular flexibility index (Phi) is 5.27. The number of carbonyl (C=O) groups is 2. The predicted octanol–water partition coefficient (Wildman–Crippen LogP) is 2.54. The molecule has 2 rings (SSSR count). The number of rotatable bonds is 5. The van der Waals surface area contributed by atoms with Crippen LogP contribution >= 0.6 is 11.3 Å². The second kappa shape index (κ2) is 7.17. The third-order valence-corrected chi connectivity index (χ3v) is 4.21. The van der Waals surface area contributed by atoms with Crippen LogP contribution in [0.2, 0.25) is 0 Å². The van der Waals surface area contributed by atoms with Crippen LogP contribution in [0.15, 0.2) is 24.3 Å². The van der Waals surface area contributed by atoms with E-state index in [1.165, 1.54) is 11.3 Å². The maximum Gasteiger partial charge on any atom is 0.350 e. The molecule has 0 atom stereocenters. The summed E-state index contributed by atoms with van der Waals surface area (Å²) < 4.78 is 5.02. The standard InChI is InChI=1S/C16H18N2O3S/c1-10-6-4-5-7-13(10)8-17-14(19)9-21-16(20)15-11(2)18-12(3)22-15/h4-7H,8-9H2,1-3H3,(H,17,19). The highest BCUT2D eigenvalue weighted by Crippen LogP contribution is 2.17. The smallest absolute Gasteiger partial charge is 0.350 e. The number of amides is 1. The van der Waals surface area contributed by atoms with Gasteiger partial charge in [0.15, 0.2) is 6.61 Å². The Hall–Kier alpha value is -2.21. The van der Waals surface area contributed by atoms with E-state index in [4.69, 9.17) is 4.74 Å². The molecular formula is C16H18N2O3S. The van der Waals surface area contributed by atoms with Crippen molar-refractivity contribution in [1.82, 2.24) is 10.3 Å². The van der Waals surface area contributed by atoms with Gasteiger partial charge in [0, 0.05) is 6.54 Å². The minimum absolute atomic E-state index is 0.291. The predicted molar refractivity (Wildman–Crippen MR) is 84.9 cm³/mol. The summed E-state index contributed by atoms with van der Waals surface area (Å²) in [6.07, 6.45) is 0. The van der Waals surface area contributed by atoms with E-state index in [2.05, 4.69) is 10.3 Å². The molecule has 1 aromatic heterocycles. The van der Waals surface area contributed by atoms with Gasteiger partial charge in [0.05, 0.1) is 10.7 Å². The molecule has 0 fully saturated rings. The second-order valence-corrected chi connectivity index (χ2v) is 6.13. The van der Waals surface area contributed by atoms with Crippen LogP contribution in [0.1, 0.15) is 31.5 Å². The summed E-state index contributed by atoms with van der Waals surface area (Å²) in [6, 6.07) is 7.80. The average molecular weight is 318 g/mol. The van der Waals surface area contributed by atoms with Crippen LogP contribution in [-0.4, -0.2) is 23.5 Å². The van der Waals surface area contributed by atoms with Gasteiger partial charge in [0.25, 0.3) is 5.91 Å². The molecule has 0 aliphatic carbocycles. The van der Waals surface area contributed by atoms with E-state index in [0.717, 1.165) is 16.1 Å². The van der Waals surface area contributed by atoms with Crippen LogP contribution in [-0.2, 0) is 16.1 Å². The van der Waals surface area contributed by atoms with Crippen LogP contribution in [0, 0.1) is 20.8 Å². The van der Waals surface area contributed by atoms with Gasteiger partial charge < -0.3 is 10.1 Å². The molecule has 1 amide bonds. The van der Waals surface area contributed by atoms with Crippen LogP contribution in [0.25, 0.3) is 0 Å². The van der Waals surface area contributed by atoms with Crippen molar-refractivity contribution < 1.29 is 14.3 Å². The first kappa shape index (κ1) is 16.2. The summed E-state index contributed by atoms with van der Waals surface area (Å²) in [5.74, 6) is -0.829. The maximum absolute atomic E-state index is 11.9. The van der Waals surface area contributed by atoms with Crippen LogP contribution in [0.3, 0.4) is 0 Å². The average Bonchev–Trinajstić information content (AvgIpc) is 2.82. The molecule has 0 unspecified atom stereocenters. The molecule has 116 valence electrons. The lowest BCUT2D eigenvalue weighted by Crippen LogP contribution is -2.28. The molecule has 0 saturated carbocycles. The van der Waals surface area contributed by atoms with Crippen LogP contribution in [0.4, 0.5) is 0 Å². The Bertz CT molecular complexity index is 694. The van der Waals surface area contributed by atoms with Crippen molar-refractivity contribution in [3.8, 4) is 0 Å². The topological polar surface area (TPSA) is 68.3 Å². The number of aryl methyl sites for hydroxylation is 3. The van der Waals surface area contributed by atoms with E-state index in [1.807, 2.05) is 38.1 Å². The molecule has 0 spiro atoms. The monoisotopic (exact) mass is 318 g/mol. The number of esters is 1. The number of hydrogen-bond acceptors (Lipinski definition) is 5. The van der Waals surface area contributed by atoms with Crippen molar-refractivity contribution >= 4 is 23.2 Å². The van der Waals surface area contributed by atoms with E-state index in [9.17, 15) is 9.59 Å². The lowest BCUT2D eigenvalue weighted by atomic mass is 10.1. The number of carbonyl (C=O) groups excluding carboxylic acids is 2. The molecule has 22 heavy (non-hydrogen) atoms. The van der Waals surface area contributed by atoms with E-state index in [0.29, 0.717) is 17.1 Å². The Morgan fingerprint density at radius 2 is 1.95 bits per heavy atom. The Morgan fingerprint density at radius 1 is 1.23 bits per heavy atom. The molecule has 1 aromatic carbocycles. The van der Waals surface area contributed by atoms with Gasteiger partial charge in [-0.3, -0.25) is 4.79 Å². The van der Waals surface area contributed by atoms with Crippen LogP contribution in [0.5, 0.6) is 0 Å². The first-order valence-corrected chi connectivity index (χ1v) is 7.71. The molecule has 5 nitrogen and oxygen atoms in total. The normalized spacial score (nSPS) is 10.3. The van der Waals surface area contributed by atoms with Gasteiger partial charge in [-0.25, -0.2) is 9.78 Å². The van der Waals surface area contributed by atoms with Crippen LogP contribution < -0.4 is 5.32 Å². The van der Waals surface area contributed by atoms with Crippen molar-refractivity contribution in [1.29, 1.82) is 0 Å². The summed E-state index contributed by atoms with van der Waals surface area (Å²) in [7, 11) is 0. The van der Waals surface area contributed by atoms with Crippen molar-refractivity contribution in [3.63, 3.8) is 0 Å². The molecule has 0 saturated heterocycles. The van der Waals surface area contributed by atoms with E-state index in [1.54, 1.807) is 6.92 Å². The van der Waals surface area contributed by atoms with Crippen molar-refractivity contribution in [2.45, 2.75) is 27.3 Å². The largest absolute Gasteiger partial charge is 0.451 e. The molecule has 0 aliphatic rings. The van der Waals surface area contributed by atoms with E-state index in [-0.39, 0.29) is 12.5 Å². The highest BCUT2D eigenvalue weighted by molar-refractivity contribution is 7.13. The third kappa shape index (κ3) is 4.14. The molecular weight excluding hydrogens is 300 g/mol. The number of hydrogen-bond donors (Lipinski definition) is 1. The fourth-order valence-corrected chi connectivity index (χ4v) is 2.78. The van der Waals surface area contributed by atoms with Gasteiger partial charge in [0.1, 0.15) is 4.88 Å². The molecule has 0 aliphatic heterocycles.